The van der Waals surface area contributed by atoms with Crippen molar-refractivity contribution in [3.63, 3.8) is 0 Å². The second-order valence-corrected chi connectivity index (χ2v) is 7.26. The maximum Gasteiger partial charge on any atom is 0.248 e. The van der Waals surface area contributed by atoms with Crippen LogP contribution in [0.3, 0.4) is 0 Å². The van der Waals surface area contributed by atoms with Crippen molar-refractivity contribution in [2.24, 2.45) is 5.92 Å². The third-order valence-corrected chi connectivity index (χ3v) is 5.48. The van der Waals surface area contributed by atoms with Gasteiger partial charge in [0.2, 0.25) is 11.8 Å². The highest BCUT2D eigenvalue weighted by Gasteiger charge is 2.32. The second-order valence-electron chi connectivity index (χ2n) is 7.26. The average Bonchev–Trinajstić information content (AvgIpc) is 3.17. The Morgan fingerprint density at radius 1 is 1.21 bits per heavy atom. The lowest BCUT2D eigenvalue weighted by atomic mass is 9.84. The first-order valence-corrected chi connectivity index (χ1v) is 9.59. The molecule has 1 aliphatic carbocycles. The van der Waals surface area contributed by atoms with Gasteiger partial charge in [0, 0.05) is 18.5 Å². The number of hydrogen-bond acceptors (Lipinski definition) is 4. The van der Waals surface area contributed by atoms with Crippen molar-refractivity contribution < 1.29 is 18.7 Å². The van der Waals surface area contributed by atoms with Crippen molar-refractivity contribution in [1.82, 2.24) is 14.7 Å². The van der Waals surface area contributed by atoms with Gasteiger partial charge in [-0.25, -0.2) is 9.07 Å². The normalized spacial score (nSPS) is 22.9. The number of amides is 2. The lowest BCUT2D eigenvalue weighted by Gasteiger charge is -2.38. The molecule has 2 aliphatic rings. The molecule has 1 N–H and O–H groups in total. The molecule has 2 amide bonds. The van der Waals surface area contributed by atoms with E-state index in [4.69, 9.17) is 4.74 Å². The van der Waals surface area contributed by atoms with Gasteiger partial charge in [0.1, 0.15) is 18.1 Å². The molecule has 2 heterocycles. The fourth-order valence-electron chi connectivity index (χ4n) is 3.97. The molecule has 0 atom stereocenters. The summed E-state index contributed by atoms with van der Waals surface area (Å²) in [5.41, 5.74) is 0.873. The monoisotopic (exact) mass is 386 g/mol. The minimum atomic E-state index is -0.376. The molecule has 0 unspecified atom stereocenters. The molecule has 148 valence electrons. The van der Waals surface area contributed by atoms with Gasteiger partial charge in [-0.05, 0) is 37.8 Å². The molecule has 0 spiro atoms. The van der Waals surface area contributed by atoms with Gasteiger partial charge in [-0.15, -0.1) is 0 Å². The number of hydrogen-bond donors (Lipinski definition) is 1. The van der Waals surface area contributed by atoms with E-state index in [1.807, 2.05) is 4.90 Å². The van der Waals surface area contributed by atoms with Crippen LogP contribution in [0, 0.1) is 11.7 Å². The van der Waals surface area contributed by atoms with E-state index in [0.29, 0.717) is 24.5 Å². The molecule has 28 heavy (non-hydrogen) atoms. The second kappa shape index (κ2) is 8.10. The van der Waals surface area contributed by atoms with E-state index in [-0.39, 0.29) is 36.2 Å². The Hall–Kier alpha value is -2.74. The maximum atomic E-state index is 13.9. The first-order chi connectivity index (χ1) is 13.6. The smallest absolute Gasteiger partial charge is 0.248 e. The van der Waals surface area contributed by atoms with Gasteiger partial charge in [0.15, 0.2) is 0 Å². The Balaban J connectivity index is 1.33. The van der Waals surface area contributed by atoms with Crippen LogP contribution < -0.4 is 5.32 Å². The number of nitrogens with zero attached hydrogens (tertiary/aromatic N) is 3. The minimum absolute atomic E-state index is 0.0414. The number of carbonyl (C=O) groups excluding carboxylic acids is 2. The lowest BCUT2D eigenvalue weighted by molar-refractivity contribution is -0.146. The molecule has 8 heteroatoms. The van der Waals surface area contributed by atoms with Gasteiger partial charge >= 0.3 is 0 Å². The van der Waals surface area contributed by atoms with E-state index in [2.05, 4.69) is 10.4 Å². The molecular weight excluding hydrogens is 363 g/mol. The first kappa shape index (κ1) is 18.6. The number of aromatic nitrogens is 2. The summed E-state index contributed by atoms with van der Waals surface area (Å²) < 4.78 is 20.5. The highest BCUT2D eigenvalue weighted by Crippen LogP contribution is 2.29. The van der Waals surface area contributed by atoms with Gasteiger partial charge < -0.3 is 15.0 Å². The van der Waals surface area contributed by atoms with Crippen LogP contribution in [-0.4, -0.2) is 52.3 Å². The predicted molar refractivity (Wildman–Crippen MR) is 100 cm³/mol. The summed E-state index contributed by atoms with van der Waals surface area (Å²) in [5, 5.41) is 7.01. The summed E-state index contributed by atoms with van der Waals surface area (Å²) in [6.07, 6.45) is 6.23. The zero-order valence-electron chi connectivity index (χ0n) is 15.5. The van der Waals surface area contributed by atoms with Crippen molar-refractivity contribution in [1.29, 1.82) is 0 Å². The zero-order chi connectivity index (χ0) is 19.5. The van der Waals surface area contributed by atoms with Gasteiger partial charge in [0.25, 0.3) is 0 Å². The van der Waals surface area contributed by atoms with Gasteiger partial charge in [0.05, 0.1) is 24.7 Å². The molecule has 0 radical (unpaired) electrons. The summed E-state index contributed by atoms with van der Waals surface area (Å²) in [6, 6.07) is 6.54. The van der Waals surface area contributed by atoms with Crippen LogP contribution in [-0.2, 0) is 14.3 Å². The molecule has 1 saturated heterocycles. The number of nitrogens with one attached hydrogen (secondary N) is 1. The fraction of sp³-hybridized carbons (Fsp3) is 0.450. The van der Waals surface area contributed by atoms with Crippen LogP contribution >= 0.6 is 0 Å². The molecule has 1 aliphatic heterocycles. The highest BCUT2D eigenvalue weighted by atomic mass is 19.1. The molecule has 4 rings (SSSR count). The number of benzene rings is 1. The average molecular weight is 386 g/mol. The van der Waals surface area contributed by atoms with E-state index in [9.17, 15) is 14.0 Å². The standard InChI is InChI=1S/C20H23FN4O3/c21-17-3-1-2-4-18(17)25-12-15(11-22-25)23-20(27)14-5-7-16(8-6-14)24-9-10-28-13-19(24)26/h1-4,11-12,14,16H,5-10,13H2,(H,23,27)/t14-,16-. The van der Waals surface area contributed by atoms with Crippen LogP contribution in [0.25, 0.3) is 5.69 Å². The Bertz CT molecular complexity index is 861. The third-order valence-electron chi connectivity index (χ3n) is 5.48. The van der Waals surface area contributed by atoms with Crippen molar-refractivity contribution in [3.05, 3.63) is 42.5 Å². The largest absolute Gasteiger partial charge is 0.370 e. The van der Waals surface area contributed by atoms with E-state index < -0.39 is 0 Å². The molecule has 7 nitrogen and oxygen atoms in total. The highest BCUT2D eigenvalue weighted by molar-refractivity contribution is 5.92. The number of ether oxygens (including phenoxy) is 1. The first-order valence-electron chi connectivity index (χ1n) is 9.59. The molecule has 1 aromatic carbocycles. The molecule has 1 saturated carbocycles. The molecule has 0 bridgehead atoms. The van der Waals surface area contributed by atoms with Gasteiger partial charge in [-0.3, -0.25) is 9.59 Å². The Morgan fingerprint density at radius 3 is 2.75 bits per heavy atom. The van der Waals surface area contributed by atoms with Crippen LogP contribution in [0.5, 0.6) is 0 Å². The number of para-hydroxylation sites is 1. The molecule has 1 aromatic heterocycles. The minimum Gasteiger partial charge on any atom is -0.370 e. The van der Waals surface area contributed by atoms with Crippen molar-refractivity contribution >= 4 is 17.5 Å². The predicted octanol–water partition coefficient (Wildman–Crippen LogP) is 2.37. The Morgan fingerprint density at radius 2 is 2.00 bits per heavy atom. The summed E-state index contributed by atoms with van der Waals surface area (Å²) in [4.78, 5) is 26.5. The van der Waals surface area contributed by atoms with E-state index in [0.717, 1.165) is 25.7 Å². The van der Waals surface area contributed by atoms with E-state index in [1.54, 1.807) is 24.4 Å². The van der Waals surface area contributed by atoms with Crippen molar-refractivity contribution in [2.45, 2.75) is 31.7 Å². The van der Waals surface area contributed by atoms with Crippen molar-refractivity contribution in [2.75, 3.05) is 25.1 Å². The number of rotatable bonds is 4. The molecule has 2 aromatic rings. The number of anilines is 1. The number of morpholine rings is 1. The summed E-state index contributed by atoms with van der Waals surface area (Å²) >= 11 is 0. The van der Waals surface area contributed by atoms with Crippen LogP contribution in [0.4, 0.5) is 10.1 Å². The summed E-state index contributed by atoms with van der Waals surface area (Å²) in [6.45, 7) is 1.38. The SMILES string of the molecule is O=C1COCCN1[C@H]1CC[C@H](C(=O)Nc2cnn(-c3ccccc3F)c2)CC1. The zero-order valence-corrected chi connectivity index (χ0v) is 15.5. The van der Waals surface area contributed by atoms with Crippen LogP contribution in [0.2, 0.25) is 0 Å². The number of halogens is 1. The van der Waals surface area contributed by atoms with E-state index in [1.165, 1.54) is 16.9 Å². The summed E-state index contributed by atoms with van der Waals surface area (Å²) in [5.74, 6) is -0.483. The Labute approximate surface area is 162 Å². The molecular formula is C20H23FN4O3. The van der Waals surface area contributed by atoms with E-state index >= 15 is 0 Å². The Kier molecular flexibility index (Phi) is 5.38. The topological polar surface area (TPSA) is 76.5 Å². The fourth-order valence-corrected chi connectivity index (χ4v) is 3.97. The van der Waals surface area contributed by atoms with Crippen LogP contribution in [0.15, 0.2) is 36.7 Å². The molecule has 2 fully saturated rings. The van der Waals surface area contributed by atoms with Crippen molar-refractivity contribution in [3.8, 4) is 5.69 Å². The summed E-state index contributed by atoms with van der Waals surface area (Å²) in [7, 11) is 0. The van der Waals surface area contributed by atoms with Gasteiger partial charge in [-0.2, -0.15) is 5.10 Å². The maximum absolute atomic E-state index is 13.9. The van der Waals surface area contributed by atoms with Crippen LogP contribution in [0.1, 0.15) is 25.7 Å². The quantitative estimate of drug-likeness (QED) is 0.875. The van der Waals surface area contributed by atoms with Gasteiger partial charge in [-0.1, -0.05) is 12.1 Å². The number of carbonyl (C=O) groups is 2. The lowest BCUT2D eigenvalue weighted by Crippen LogP contribution is -2.49. The third kappa shape index (κ3) is 3.91.